The van der Waals surface area contributed by atoms with E-state index in [0.29, 0.717) is 17.8 Å². The predicted molar refractivity (Wildman–Crippen MR) is 68.9 cm³/mol. The van der Waals surface area contributed by atoms with E-state index in [1.807, 2.05) is 13.3 Å². The molecule has 0 amide bonds. The molecule has 0 aromatic carbocycles. The molecule has 1 fully saturated rings. The van der Waals surface area contributed by atoms with Crippen molar-refractivity contribution in [1.29, 1.82) is 0 Å². The van der Waals surface area contributed by atoms with Gasteiger partial charge in [-0.25, -0.2) is 0 Å². The third-order valence-corrected chi connectivity index (χ3v) is 4.51. The first-order chi connectivity index (χ1) is 8.86. The Balaban J connectivity index is 1.60. The second-order valence-corrected chi connectivity index (χ2v) is 5.90. The Labute approximate surface area is 113 Å². The Morgan fingerprint density at radius 1 is 1.44 bits per heavy atom. The van der Waals surface area contributed by atoms with Gasteiger partial charge in [-0.3, -0.25) is 0 Å². The van der Waals surface area contributed by atoms with Crippen LogP contribution < -0.4 is 4.74 Å². The van der Waals surface area contributed by atoms with Gasteiger partial charge in [0.25, 0.3) is 5.19 Å². The normalized spacial score (nSPS) is 14.9. The maximum atomic E-state index is 5.30. The SMILES string of the molecule is CCOc1nnc(CSc2nncn2C2CC2)s1. The molecule has 2 aromatic rings. The Kier molecular flexibility index (Phi) is 3.46. The average Bonchev–Trinajstić information content (AvgIpc) is 2.94. The van der Waals surface area contributed by atoms with Crippen molar-refractivity contribution in [2.24, 2.45) is 0 Å². The summed E-state index contributed by atoms with van der Waals surface area (Å²) in [5, 5.41) is 18.7. The number of ether oxygens (including phenoxy) is 1. The van der Waals surface area contributed by atoms with Crippen molar-refractivity contribution in [2.45, 2.75) is 36.7 Å². The fourth-order valence-corrected chi connectivity index (χ4v) is 3.26. The summed E-state index contributed by atoms with van der Waals surface area (Å²) in [7, 11) is 0. The molecule has 0 saturated heterocycles. The first kappa shape index (κ1) is 11.9. The van der Waals surface area contributed by atoms with Crippen LogP contribution in [0.15, 0.2) is 11.5 Å². The van der Waals surface area contributed by atoms with E-state index in [2.05, 4.69) is 25.0 Å². The van der Waals surface area contributed by atoms with Crippen LogP contribution in [0.2, 0.25) is 0 Å². The molecule has 0 spiro atoms. The van der Waals surface area contributed by atoms with Gasteiger partial charge >= 0.3 is 0 Å². The number of nitrogens with zero attached hydrogens (tertiary/aromatic N) is 5. The highest BCUT2D eigenvalue weighted by Crippen LogP contribution is 2.38. The van der Waals surface area contributed by atoms with Crippen LogP contribution in [0.25, 0.3) is 0 Å². The van der Waals surface area contributed by atoms with E-state index >= 15 is 0 Å². The summed E-state index contributed by atoms with van der Waals surface area (Å²) in [6.07, 6.45) is 4.28. The molecule has 0 aliphatic heterocycles. The molecule has 0 bridgehead atoms. The van der Waals surface area contributed by atoms with Crippen LogP contribution in [0, 0.1) is 0 Å². The monoisotopic (exact) mass is 283 g/mol. The fourth-order valence-electron chi connectivity index (χ4n) is 1.54. The molecule has 1 saturated carbocycles. The van der Waals surface area contributed by atoms with Crippen molar-refractivity contribution >= 4 is 23.1 Å². The maximum Gasteiger partial charge on any atom is 0.294 e. The van der Waals surface area contributed by atoms with Gasteiger partial charge in [0, 0.05) is 6.04 Å². The Hall–Kier alpha value is -1.15. The minimum atomic E-state index is 0.607. The largest absolute Gasteiger partial charge is 0.469 e. The zero-order valence-corrected chi connectivity index (χ0v) is 11.6. The zero-order chi connectivity index (χ0) is 12.4. The molecular formula is C10H13N5OS2. The lowest BCUT2D eigenvalue weighted by Crippen LogP contribution is -1.94. The number of hydrogen-bond donors (Lipinski definition) is 0. The number of rotatable bonds is 6. The van der Waals surface area contributed by atoms with Gasteiger partial charge in [-0.1, -0.05) is 23.1 Å². The minimum Gasteiger partial charge on any atom is -0.469 e. The van der Waals surface area contributed by atoms with E-state index < -0.39 is 0 Å². The van der Waals surface area contributed by atoms with Gasteiger partial charge in [0.2, 0.25) is 0 Å². The van der Waals surface area contributed by atoms with Crippen LogP contribution >= 0.6 is 23.1 Å². The molecule has 0 N–H and O–H groups in total. The Morgan fingerprint density at radius 3 is 3.11 bits per heavy atom. The summed E-state index contributed by atoms with van der Waals surface area (Å²) < 4.78 is 7.45. The molecule has 3 rings (SSSR count). The molecule has 0 unspecified atom stereocenters. The van der Waals surface area contributed by atoms with Gasteiger partial charge in [-0.15, -0.1) is 20.4 Å². The standard InChI is InChI=1S/C10H13N5OS2/c1-2-16-10-14-12-8(18-10)5-17-9-13-11-6-15(9)7-3-4-7/h6-7H,2-5H2,1H3. The highest BCUT2D eigenvalue weighted by atomic mass is 32.2. The lowest BCUT2D eigenvalue weighted by atomic mass is 10.7. The zero-order valence-electron chi connectivity index (χ0n) is 9.94. The summed E-state index contributed by atoms with van der Waals surface area (Å²) in [4.78, 5) is 0. The van der Waals surface area contributed by atoms with E-state index in [-0.39, 0.29) is 0 Å². The van der Waals surface area contributed by atoms with Crippen LogP contribution in [-0.2, 0) is 5.75 Å². The third-order valence-electron chi connectivity index (χ3n) is 2.52. The van der Waals surface area contributed by atoms with E-state index in [1.165, 1.54) is 24.2 Å². The minimum absolute atomic E-state index is 0.607. The van der Waals surface area contributed by atoms with Gasteiger partial charge in [-0.05, 0) is 19.8 Å². The lowest BCUT2D eigenvalue weighted by molar-refractivity contribution is 0.335. The predicted octanol–water partition coefficient (Wildman–Crippen LogP) is 2.16. The van der Waals surface area contributed by atoms with Gasteiger partial charge in [-0.2, -0.15) is 0 Å². The molecule has 2 heterocycles. The summed E-state index contributed by atoms with van der Waals surface area (Å²) in [5.41, 5.74) is 0. The van der Waals surface area contributed by atoms with Gasteiger partial charge in [0.05, 0.1) is 12.4 Å². The molecule has 96 valence electrons. The van der Waals surface area contributed by atoms with E-state index in [1.54, 1.807) is 11.8 Å². The molecule has 1 aliphatic carbocycles. The van der Waals surface area contributed by atoms with Crippen LogP contribution in [0.5, 0.6) is 5.19 Å². The first-order valence-corrected chi connectivity index (χ1v) is 7.64. The van der Waals surface area contributed by atoms with Gasteiger partial charge in [0.15, 0.2) is 5.16 Å². The maximum absolute atomic E-state index is 5.30. The third kappa shape index (κ3) is 2.64. The van der Waals surface area contributed by atoms with Crippen molar-refractivity contribution in [1.82, 2.24) is 25.0 Å². The van der Waals surface area contributed by atoms with Crippen LogP contribution in [-0.4, -0.2) is 31.6 Å². The second-order valence-electron chi connectivity index (χ2n) is 3.94. The Morgan fingerprint density at radius 2 is 2.33 bits per heavy atom. The highest BCUT2D eigenvalue weighted by Gasteiger charge is 2.26. The highest BCUT2D eigenvalue weighted by molar-refractivity contribution is 7.98. The lowest BCUT2D eigenvalue weighted by Gasteiger charge is -2.01. The van der Waals surface area contributed by atoms with E-state index in [9.17, 15) is 0 Å². The Bertz CT molecular complexity index is 522. The first-order valence-electron chi connectivity index (χ1n) is 5.84. The smallest absolute Gasteiger partial charge is 0.294 e. The second kappa shape index (κ2) is 5.23. The number of hydrogen-bond acceptors (Lipinski definition) is 7. The summed E-state index contributed by atoms with van der Waals surface area (Å²) >= 11 is 3.13. The molecule has 2 aromatic heterocycles. The van der Waals surface area contributed by atoms with E-state index in [4.69, 9.17) is 4.74 Å². The fraction of sp³-hybridized carbons (Fsp3) is 0.600. The summed E-state index contributed by atoms with van der Waals surface area (Å²) in [6, 6.07) is 0.607. The molecule has 8 heteroatoms. The van der Waals surface area contributed by atoms with Gasteiger partial charge < -0.3 is 9.30 Å². The van der Waals surface area contributed by atoms with Crippen molar-refractivity contribution < 1.29 is 4.74 Å². The van der Waals surface area contributed by atoms with Crippen molar-refractivity contribution in [2.75, 3.05) is 6.61 Å². The van der Waals surface area contributed by atoms with Crippen LogP contribution in [0.4, 0.5) is 0 Å². The summed E-state index contributed by atoms with van der Waals surface area (Å²) in [5.74, 6) is 0.760. The molecule has 0 radical (unpaired) electrons. The quantitative estimate of drug-likeness (QED) is 0.757. The topological polar surface area (TPSA) is 65.7 Å². The van der Waals surface area contributed by atoms with Crippen molar-refractivity contribution in [3.63, 3.8) is 0 Å². The van der Waals surface area contributed by atoms with Crippen LogP contribution in [0.1, 0.15) is 30.8 Å². The molecular weight excluding hydrogens is 270 g/mol. The number of aromatic nitrogens is 5. The molecule has 0 atom stereocenters. The average molecular weight is 283 g/mol. The van der Waals surface area contributed by atoms with Crippen LogP contribution in [0.3, 0.4) is 0 Å². The summed E-state index contributed by atoms with van der Waals surface area (Å²) in [6.45, 7) is 2.56. The molecule has 18 heavy (non-hydrogen) atoms. The van der Waals surface area contributed by atoms with E-state index in [0.717, 1.165) is 15.9 Å². The van der Waals surface area contributed by atoms with Crippen molar-refractivity contribution in [3.05, 3.63) is 11.3 Å². The molecule has 6 nitrogen and oxygen atoms in total. The molecule has 1 aliphatic rings. The van der Waals surface area contributed by atoms with Gasteiger partial charge in [0.1, 0.15) is 11.3 Å². The van der Waals surface area contributed by atoms with Crippen molar-refractivity contribution in [3.8, 4) is 5.19 Å². The number of thioether (sulfide) groups is 1.